The van der Waals surface area contributed by atoms with Gasteiger partial charge in [0.2, 0.25) is 5.91 Å². The molecule has 1 aliphatic rings. The van der Waals surface area contributed by atoms with E-state index in [0.717, 1.165) is 0 Å². The summed E-state index contributed by atoms with van der Waals surface area (Å²) in [5, 5.41) is 12.0. The van der Waals surface area contributed by atoms with Crippen LogP contribution in [-0.2, 0) is 9.53 Å². The molecule has 4 N–H and O–H groups in total. The first kappa shape index (κ1) is 14.8. The maximum absolute atomic E-state index is 12.3. The summed E-state index contributed by atoms with van der Waals surface area (Å²) in [6.07, 6.45) is 0. The van der Waals surface area contributed by atoms with Gasteiger partial charge in [0, 0.05) is 11.1 Å². The van der Waals surface area contributed by atoms with Crippen LogP contribution in [0.15, 0.2) is 18.2 Å². The molecule has 1 saturated heterocycles. The molecule has 0 spiro atoms. The molecule has 108 valence electrons. The number of nitrogens with two attached hydrogens (primary N) is 1. The van der Waals surface area contributed by atoms with E-state index in [1.165, 1.54) is 18.2 Å². The van der Waals surface area contributed by atoms with E-state index in [1.54, 1.807) is 6.92 Å². The summed E-state index contributed by atoms with van der Waals surface area (Å²) < 4.78 is 5.20. The zero-order chi connectivity index (χ0) is 14.9. The quantitative estimate of drug-likeness (QED) is 0.781. The van der Waals surface area contributed by atoms with Gasteiger partial charge in [0.05, 0.1) is 29.9 Å². The zero-order valence-electron chi connectivity index (χ0n) is 10.9. The van der Waals surface area contributed by atoms with Crippen molar-refractivity contribution in [2.45, 2.75) is 13.0 Å². The fourth-order valence-corrected chi connectivity index (χ4v) is 2.17. The fraction of sp³-hybridized carbons (Fsp3) is 0.385. The smallest absolute Gasteiger partial charge is 0.337 e. The Morgan fingerprint density at radius 3 is 2.80 bits per heavy atom. The minimum atomic E-state index is -1.14. The Morgan fingerprint density at radius 1 is 1.55 bits per heavy atom. The van der Waals surface area contributed by atoms with E-state index in [-0.39, 0.29) is 23.8 Å². The van der Waals surface area contributed by atoms with Crippen LogP contribution in [-0.4, -0.2) is 36.2 Å². The van der Waals surface area contributed by atoms with Crippen LogP contribution in [0.5, 0.6) is 0 Å². The summed E-state index contributed by atoms with van der Waals surface area (Å²) in [5.74, 6) is -1.53. The van der Waals surface area contributed by atoms with E-state index < -0.39 is 17.4 Å². The van der Waals surface area contributed by atoms with Crippen molar-refractivity contribution in [2.24, 2.45) is 11.1 Å². The Labute approximate surface area is 120 Å². The maximum atomic E-state index is 12.3. The predicted molar refractivity (Wildman–Crippen MR) is 73.9 cm³/mol. The molecule has 6 nitrogen and oxygen atoms in total. The Bertz CT molecular complexity index is 563. The molecule has 2 rings (SSSR count). The van der Waals surface area contributed by atoms with Crippen LogP contribution < -0.4 is 11.1 Å². The number of amides is 1. The van der Waals surface area contributed by atoms with Gasteiger partial charge in [0.25, 0.3) is 0 Å². The van der Waals surface area contributed by atoms with Crippen LogP contribution in [0.4, 0.5) is 5.69 Å². The van der Waals surface area contributed by atoms with Crippen molar-refractivity contribution >= 4 is 29.2 Å². The second kappa shape index (κ2) is 5.40. The van der Waals surface area contributed by atoms with E-state index in [2.05, 4.69) is 5.32 Å². The monoisotopic (exact) mass is 298 g/mol. The standard InChI is InChI=1S/C13H15ClN2O4/c1-13(6-20-5-10(13)15)12(19)16-9-4-7(14)2-3-8(9)11(17)18/h2-4,10H,5-6,15H2,1H3,(H,16,19)(H,17,18). The van der Waals surface area contributed by atoms with Gasteiger partial charge in [0.15, 0.2) is 0 Å². The van der Waals surface area contributed by atoms with Crippen molar-refractivity contribution in [3.63, 3.8) is 0 Å². The number of benzene rings is 1. The molecular formula is C13H15ClN2O4. The van der Waals surface area contributed by atoms with Crippen LogP contribution in [0.2, 0.25) is 5.02 Å². The number of hydrogen-bond acceptors (Lipinski definition) is 4. The normalized spacial score (nSPS) is 25.4. The van der Waals surface area contributed by atoms with E-state index in [1.807, 2.05) is 0 Å². The number of nitrogens with one attached hydrogen (secondary N) is 1. The number of rotatable bonds is 3. The van der Waals surface area contributed by atoms with Crippen molar-refractivity contribution in [3.05, 3.63) is 28.8 Å². The third-order valence-corrected chi connectivity index (χ3v) is 3.73. The minimum absolute atomic E-state index is 0.0289. The molecule has 0 aromatic heterocycles. The largest absolute Gasteiger partial charge is 0.478 e. The molecule has 0 radical (unpaired) electrons. The highest BCUT2D eigenvalue weighted by atomic mass is 35.5. The zero-order valence-corrected chi connectivity index (χ0v) is 11.6. The lowest BCUT2D eigenvalue weighted by Crippen LogP contribution is -2.47. The number of aromatic carboxylic acids is 1. The molecule has 1 fully saturated rings. The lowest BCUT2D eigenvalue weighted by molar-refractivity contribution is -0.125. The van der Waals surface area contributed by atoms with Crippen molar-refractivity contribution in [1.29, 1.82) is 0 Å². The molecule has 1 aromatic rings. The van der Waals surface area contributed by atoms with Crippen molar-refractivity contribution in [3.8, 4) is 0 Å². The van der Waals surface area contributed by atoms with Gasteiger partial charge in [-0.15, -0.1) is 0 Å². The van der Waals surface area contributed by atoms with Crippen LogP contribution in [0.25, 0.3) is 0 Å². The topological polar surface area (TPSA) is 102 Å². The molecule has 7 heteroatoms. The van der Waals surface area contributed by atoms with Gasteiger partial charge >= 0.3 is 5.97 Å². The summed E-state index contributed by atoms with van der Waals surface area (Å²) in [7, 11) is 0. The van der Waals surface area contributed by atoms with Crippen molar-refractivity contribution in [1.82, 2.24) is 0 Å². The first-order valence-electron chi connectivity index (χ1n) is 6.02. The third kappa shape index (κ3) is 2.63. The van der Waals surface area contributed by atoms with Gasteiger partial charge < -0.3 is 20.9 Å². The lowest BCUT2D eigenvalue weighted by atomic mass is 9.84. The second-order valence-electron chi connectivity index (χ2n) is 4.99. The van der Waals surface area contributed by atoms with E-state index in [0.29, 0.717) is 11.6 Å². The van der Waals surface area contributed by atoms with Crippen LogP contribution in [0.3, 0.4) is 0 Å². The summed E-state index contributed by atoms with van der Waals surface area (Å²) >= 11 is 5.83. The Morgan fingerprint density at radius 2 is 2.25 bits per heavy atom. The van der Waals surface area contributed by atoms with Crippen LogP contribution >= 0.6 is 11.6 Å². The average Bonchev–Trinajstić information content (AvgIpc) is 2.70. The first-order chi connectivity index (χ1) is 9.34. The van der Waals surface area contributed by atoms with Crippen LogP contribution in [0.1, 0.15) is 17.3 Å². The second-order valence-corrected chi connectivity index (χ2v) is 5.42. The molecule has 0 saturated carbocycles. The predicted octanol–water partition coefficient (Wildman–Crippen LogP) is 1.34. The fourth-order valence-electron chi connectivity index (χ4n) is 1.99. The van der Waals surface area contributed by atoms with Gasteiger partial charge in [0.1, 0.15) is 0 Å². The maximum Gasteiger partial charge on any atom is 0.337 e. The van der Waals surface area contributed by atoms with Crippen LogP contribution in [0, 0.1) is 5.41 Å². The Kier molecular flexibility index (Phi) is 3.99. The number of anilines is 1. The minimum Gasteiger partial charge on any atom is -0.478 e. The van der Waals surface area contributed by atoms with E-state index in [9.17, 15) is 9.59 Å². The summed E-state index contributed by atoms with van der Waals surface area (Å²) in [5.41, 5.74) is 5.10. The van der Waals surface area contributed by atoms with Crippen molar-refractivity contribution in [2.75, 3.05) is 18.5 Å². The third-order valence-electron chi connectivity index (χ3n) is 3.50. The lowest BCUT2D eigenvalue weighted by Gasteiger charge is -2.25. The molecule has 2 atom stereocenters. The number of ether oxygens (including phenoxy) is 1. The number of carboxylic acids is 1. The molecule has 1 aliphatic heterocycles. The SMILES string of the molecule is CC1(C(=O)Nc2cc(Cl)ccc2C(=O)O)COCC1N. The highest BCUT2D eigenvalue weighted by Crippen LogP contribution is 2.30. The van der Waals surface area contributed by atoms with E-state index >= 15 is 0 Å². The molecule has 2 unspecified atom stereocenters. The number of carbonyl (C=O) groups is 2. The van der Waals surface area contributed by atoms with Gasteiger partial charge in [-0.25, -0.2) is 4.79 Å². The highest BCUT2D eigenvalue weighted by Gasteiger charge is 2.44. The molecule has 0 aliphatic carbocycles. The molecular weight excluding hydrogens is 284 g/mol. The summed E-state index contributed by atoms with van der Waals surface area (Å²) in [6, 6.07) is 3.75. The molecule has 1 heterocycles. The molecule has 1 aromatic carbocycles. The van der Waals surface area contributed by atoms with Gasteiger partial charge in [-0.3, -0.25) is 4.79 Å². The van der Waals surface area contributed by atoms with Crippen molar-refractivity contribution < 1.29 is 19.4 Å². The molecule has 1 amide bonds. The average molecular weight is 299 g/mol. The van der Waals surface area contributed by atoms with Gasteiger partial charge in [-0.1, -0.05) is 11.6 Å². The Balaban J connectivity index is 2.28. The Hall–Kier alpha value is -1.63. The molecule has 0 bridgehead atoms. The van der Waals surface area contributed by atoms with E-state index in [4.69, 9.17) is 27.2 Å². The summed E-state index contributed by atoms with van der Waals surface area (Å²) in [4.78, 5) is 23.5. The number of carboxylic acid groups (broad SMARTS) is 1. The highest BCUT2D eigenvalue weighted by molar-refractivity contribution is 6.31. The van der Waals surface area contributed by atoms with Gasteiger partial charge in [-0.05, 0) is 25.1 Å². The number of hydrogen-bond donors (Lipinski definition) is 3. The summed E-state index contributed by atoms with van der Waals surface area (Å²) in [6.45, 7) is 2.18. The number of carbonyl (C=O) groups excluding carboxylic acids is 1. The molecule has 20 heavy (non-hydrogen) atoms. The van der Waals surface area contributed by atoms with Gasteiger partial charge in [-0.2, -0.15) is 0 Å². The number of halogens is 1. The first-order valence-corrected chi connectivity index (χ1v) is 6.40.